The van der Waals surface area contributed by atoms with Gasteiger partial charge in [0.2, 0.25) is 11.7 Å². The smallest absolute Gasteiger partial charge is 0.465 e. The summed E-state index contributed by atoms with van der Waals surface area (Å²) in [6.07, 6.45) is -6.76. The molecule has 200 valence electrons. The van der Waals surface area contributed by atoms with Crippen molar-refractivity contribution in [3.63, 3.8) is 0 Å². The second-order valence-electron chi connectivity index (χ2n) is 8.88. The number of carboxylic acid groups (broad SMARTS) is 1. The van der Waals surface area contributed by atoms with Gasteiger partial charge in [0, 0.05) is 36.5 Å². The molecule has 1 aromatic heterocycles. The van der Waals surface area contributed by atoms with Crippen LogP contribution in [-0.4, -0.2) is 53.3 Å². The minimum atomic E-state index is -5.37. The van der Waals surface area contributed by atoms with Gasteiger partial charge >= 0.3 is 18.2 Å². The van der Waals surface area contributed by atoms with Crippen LogP contribution in [0.25, 0.3) is 11.0 Å². The number of hydrogen-bond acceptors (Lipinski definition) is 6. The number of benzene rings is 3. The quantitative estimate of drug-likeness (QED) is 0.314. The van der Waals surface area contributed by atoms with Crippen LogP contribution in [0.1, 0.15) is 21.5 Å². The molecule has 0 aliphatic carbocycles. The Morgan fingerprint density at radius 2 is 1.82 bits per heavy atom. The molecule has 0 radical (unpaired) electrons. The summed E-state index contributed by atoms with van der Waals surface area (Å²) in [5.74, 6) is -3.32. The van der Waals surface area contributed by atoms with Crippen LogP contribution in [0.4, 0.5) is 35.3 Å². The number of aromatic nitrogens is 2. The number of carbonyl (C=O) groups excluding carboxylic acids is 2. The molecule has 0 saturated carbocycles. The van der Waals surface area contributed by atoms with Crippen molar-refractivity contribution in [3.8, 4) is 0 Å². The zero-order chi connectivity index (χ0) is 28.1. The molecule has 1 atom stereocenters. The van der Waals surface area contributed by atoms with E-state index in [4.69, 9.17) is 9.84 Å². The third-order valence-electron chi connectivity index (χ3n) is 6.22. The number of nitrogens with zero attached hydrogens (tertiary/aromatic N) is 3. The number of nitrogens with one attached hydrogen (secondary N) is 2. The van der Waals surface area contributed by atoms with E-state index < -0.39 is 29.9 Å². The molecule has 0 fully saturated rings. The van der Waals surface area contributed by atoms with Gasteiger partial charge in [-0.1, -0.05) is 30.3 Å². The van der Waals surface area contributed by atoms with E-state index in [-0.39, 0.29) is 39.4 Å². The van der Waals surface area contributed by atoms with Gasteiger partial charge in [0.25, 0.3) is 5.91 Å². The molecule has 13 heteroatoms. The fourth-order valence-electron chi connectivity index (χ4n) is 4.58. The number of halogens is 3. The number of aromatic amines is 1. The van der Waals surface area contributed by atoms with E-state index in [9.17, 15) is 27.6 Å². The standard InChI is InChI=1S/C26H20F3N5O5/c1-33(2)15-6-5-7-16(13-15)34-21(35)17-8-3-4-9-18(17)25(34,39-22(36)26(27,28)29)14-10-11-19-20(12-14)31-23(30-19)32-24(37)38/h3-13H,1-2H3,(H,37,38)(H2,30,31,32). The third kappa shape index (κ3) is 4.27. The molecule has 2 amide bonds. The number of esters is 1. The molecule has 0 spiro atoms. The molecule has 1 unspecified atom stereocenters. The first kappa shape index (κ1) is 25.6. The highest BCUT2D eigenvalue weighted by Gasteiger charge is 2.58. The Morgan fingerprint density at radius 3 is 2.51 bits per heavy atom. The number of ether oxygens (including phenoxy) is 1. The van der Waals surface area contributed by atoms with Crippen LogP contribution in [0.2, 0.25) is 0 Å². The number of rotatable bonds is 5. The number of alkyl halides is 3. The first-order valence-corrected chi connectivity index (χ1v) is 11.4. The van der Waals surface area contributed by atoms with Crippen LogP contribution < -0.4 is 15.1 Å². The van der Waals surface area contributed by atoms with Crippen molar-refractivity contribution >= 4 is 46.3 Å². The Bertz CT molecular complexity index is 1630. The van der Waals surface area contributed by atoms with E-state index in [1.54, 1.807) is 43.3 Å². The SMILES string of the molecule is CN(C)c1cccc(N2C(=O)c3ccccc3C2(OC(=O)C(F)(F)F)c2ccc3nc(NC(=O)O)[nH]c3c2)c1. The van der Waals surface area contributed by atoms with Crippen LogP contribution in [0.3, 0.4) is 0 Å². The first-order chi connectivity index (χ1) is 18.4. The lowest BCUT2D eigenvalue weighted by Crippen LogP contribution is -2.50. The molecule has 10 nitrogen and oxygen atoms in total. The van der Waals surface area contributed by atoms with Gasteiger partial charge in [0.1, 0.15) is 0 Å². The van der Waals surface area contributed by atoms with Crippen LogP contribution in [-0.2, 0) is 15.3 Å². The van der Waals surface area contributed by atoms with Crippen molar-refractivity contribution in [3.05, 3.63) is 83.4 Å². The summed E-state index contributed by atoms with van der Waals surface area (Å²) in [4.78, 5) is 46.9. The molecule has 4 aromatic rings. The van der Waals surface area contributed by atoms with Crippen LogP contribution in [0.15, 0.2) is 66.7 Å². The average Bonchev–Trinajstić information content (AvgIpc) is 3.39. The monoisotopic (exact) mass is 539 g/mol. The molecule has 0 bridgehead atoms. The molecular formula is C26H20F3N5O5. The largest absolute Gasteiger partial charge is 0.491 e. The normalized spacial score (nSPS) is 16.7. The van der Waals surface area contributed by atoms with E-state index >= 15 is 0 Å². The van der Waals surface area contributed by atoms with Crippen molar-refractivity contribution in [2.75, 3.05) is 29.2 Å². The fraction of sp³-hybridized carbons (Fsp3) is 0.154. The highest BCUT2D eigenvalue weighted by atomic mass is 19.4. The topological polar surface area (TPSA) is 128 Å². The minimum absolute atomic E-state index is 0.00770. The Kier molecular flexibility index (Phi) is 5.93. The molecule has 1 aliphatic heterocycles. The average molecular weight is 539 g/mol. The summed E-state index contributed by atoms with van der Waals surface area (Å²) in [6.45, 7) is 0. The summed E-state index contributed by atoms with van der Waals surface area (Å²) < 4.78 is 46.3. The Labute approximate surface area is 218 Å². The number of hydrogen-bond donors (Lipinski definition) is 3. The summed E-state index contributed by atoms with van der Waals surface area (Å²) in [6, 6.07) is 16.5. The third-order valence-corrected chi connectivity index (χ3v) is 6.22. The number of fused-ring (bicyclic) bond motifs is 2. The zero-order valence-corrected chi connectivity index (χ0v) is 20.4. The van der Waals surface area contributed by atoms with Crippen molar-refractivity contribution in [1.29, 1.82) is 0 Å². The van der Waals surface area contributed by atoms with Gasteiger partial charge in [0.05, 0.1) is 16.7 Å². The van der Waals surface area contributed by atoms with Gasteiger partial charge in [-0.3, -0.25) is 15.0 Å². The summed E-state index contributed by atoms with van der Waals surface area (Å²) >= 11 is 0. The molecule has 0 saturated heterocycles. The molecule has 1 aliphatic rings. The highest BCUT2D eigenvalue weighted by Crippen LogP contribution is 2.49. The van der Waals surface area contributed by atoms with E-state index in [0.717, 1.165) is 4.90 Å². The lowest BCUT2D eigenvalue weighted by molar-refractivity contribution is -0.211. The van der Waals surface area contributed by atoms with Gasteiger partial charge < -0.3 is 19.7 Å². The number of anilines is 3. The summed E-state index contributed by atoms with van der Waals surface area (Å²) in [7, 11) is 3.51. The van der Waals surface area contributed by atoms with Gasteiger partial charge in [-0.25, -0.2) is 14.6 Å². The number of amides is 2. The number of imidazole rings is 1. The van der Waals surface area contributed by atoms with E-state index in [0.29, 0.717) is 5.69 Å². The van der Waals surface area contributed by atoms with Gasteiger partial charge in [-0.15, -0.1) is 0 Å². The predicted octanol–water partition coefficient (Wildman–Crippen LogP) is 4.69. The zero-order valence-electron chi connectivity index (χ0n) is 20.4. The van der Waals surface area contributed by atoms with E-state index in [1.807, 2.05) is 0 Å². The molecular weight excluding hydrogens is 519 g/mol. The lowest BCUT2D eigenvalue weighted by atomic mass is 9.92. The van der Waals surface area contributed by atoms with E-state index in [2.05, 4.69) is 15.3 Å². The molecule has 39 heavy (non-hydrogen) atoms. The molecule has 2 heterocycles. The van der Waals surface area contributed by atoms with Crippen LogP contribution in [0.5, 0.6) is 0 Å². The predicted molar refractivity (Wildman–Crippen MR) is 135 cm³/mol. The van der Waals surface area contributed by atoms with Gasteiger partial charge in [-0.05, 0) is 36.4 Å². The maximum atomic E-state index is 13.8. The molecule has 3 N–H and O–H groups in total. The first-order valence-electron chi connectivity index (χ1n) is 11.4. The van der Waals surface area contributed by atoms with Gasteiger partial charge in [-0.2, -0.15) is 13.2 Å². The van der Waals surface area contributed by atoms with Crippen molar-refractivity contribution < 1.29 is 37.4 Å². The number of carbonyl (C=O) groups is 3. The highest BCUT2D eigenvalue weighted by molar-refractivity contribution is 6.13. The van der Waals surface area contributed by atoms with Crippen LogP contribution in [0, 0.1) is 0 Å². The lowest BCUT2D eigenvalue weighted by Gasteiger charge is -2.39. The maximum Gasteiger partial charge on any atom is 0.491 e. The second-order valence-corrected chi connectivity index (χ2v) is 8.88. The Morgan fingerprint density at radius 1 is 1.08 bits per heavy atom. The van der Waals surface area contributed by atoms with Crippen molar-refractivity contribution in [2.45, 2.75) is 11.9 Å². The minimum Gasteiger partial charge on any atom is -0.465 e. The summed E-state index contributed by atoms with van der Waals surface area (Å²) in [5.41, 5.74) is -1.00. The van der Waals surface area contributed by atoms with Crippen molar-refractivity contribution in [1.82, 2.24) is 9.97 Å². The van der Waals surface area contributed by atoms with Gasteiger partial charge in [0.15, 0.2) is 0 Å². The Balaban J connectivity index is 1.81. The van der Waals surface area contributed by atoms with E-state index in [1.165, 1.54) is 42.5 Å². The maximum absolute atomic E-state index is 13.8. The van der Waals surface area contributed by atoms with Crippen LogP contribution >= 0.6 is 0 Å². The fourth-order valence-corrected chi connectivity index (χ4v) is 4.58. The Hall–Kier alpha value is -5.07. The summed E-state index contributed by atoms with van der Waals surface area (Å²) in [5, 5.41) is 11.1. The molecule has 3 aromatic carbocycles. The van der Waals surface area contributed by atoms with Crippen molar-refractivity contribution in [2.24, 2.45) is 0 Å². The second kappa shape index (κ2) is 9.04. The molecule has 5 rings (SSSR count). The number of H-pyrrole nitrogens is 1.